The van der Waals surface area contributed by atoms with Crippen LogP contribution in [0.2, 0.25) is 0 Å². The van der Waals surface area contributed by atoms with E-state index in [0.29, 0.717) is 11.9 Å². The molecule has 7 nitrogen and oxygen atoms in total. The molecule has 3 aromatic rings. The van der Waals surface area contributed by atoms with E-state index in [1.54, 1.807) is 12.3 Å². The summed E-state index contributed by atoms with van der Waals surface area (Å²) in [5.41, 5.74) is 9.26. The molecule has 2 N–H and O–H groups in total. The number of hydrogen-bond donors (Lipinski definition) is 1. The highest BCUT2D eigenvalue weighted by Crippen LogP contribution is 2.19. The van der Waals surface area contributed by atoms with Gasteiger partial charge in [-0.25, -0.2) is 15.0 Å². The van der Waals surface area contributed by atoms with Gasteiger partial charge in [0.25, 0.3) is 0 Å². The Hall–Kier alpha value is -2.51. The number of hydrogen-bond acceptors (Lipinski definition) is 6. The lowest BCUT2D eigenvalue weighted by atomic mass is 10.2. The molecule has 136 valence electrons. The molecule has 1 aliphatic heterocycles. The molecule has 0 aromatic carbocycles. The van der Waals surface area contributed by atoms with Crippen molar-refractivity contribution in [2.24, 2.45) is 0 Å². The second kappa shape index (κ2) is 7.01. The van der Waals surface area contributed by atoms with Gasteiger partial charge in [-0.15, -0.1) is 0 Å². The van der Waals surface area contributed by atoms with Gasteiger partial charge in [-0.1, -0.05) is 6.07 Å². The van der Waals surface area contributed by atoms with Gasteiger partial charge in [-0.2, -0.15) is 0 Å². The molecule has 1 atom stereocenters. The largest absolute Gasteiger partial charge is 0.384 e. The minimum atomic E-state index is 0.501. The Labute approximate surface area is 153 Å². The Morgan fingerprint density at radius 1 is 1.31 bits per heavy atom. The maximum atomic E-state index is 5.76. The van der Waals surface area contributed by atoms with Crippen LogP contribution >= 0.6 is 0 Å². The van der Waals surface area contributed by atoms with Gasteiger partial charge in [0.2, 0.25) is 0 Å². The maximum Gasteiger partial charge on any atom is 0.144 e. The molecule has 0 saturated carbocycles. The summed E-state index contributed by atoms with van der Waals surface area (Å²) in [4.78, 5) is 18.0. The lowest BCUT2D eigenvalue weighted by Gasteiger charge is -2.24. The van der Waals surface area contributed by atoms with Crippen LogP contribution in [0.3, 0.4) is 0 Å². The van der Waals surface area contributed by atoms with E-state index in [9.17, 15) is 0 Å². The average Bonchev–Trinajstić information content (AvgIpc) is 3.24. The molecule has 0 bridgehead atoms. The van der Waals surface area contributed by atoms with Crippen LogP contribution in [0.4, 0.5) is 5.82 Å². The smallest absolute Gasteiger partial charge is 0.144 e. The fourth-order valence-corrected chi connectivity index (χ4v) is 3.71. The molecule has 1 saturated heterocycles. The van der Waals surface area contributed by atoms with Crippen molar-refractivity contribution in [2.45, 2.75) is 32.5 Å². The predicted octanol–water partition coefficient (Wildman–Crippen LogP) is 1.72. The third-order valence-electron chi connectivity index (χ3n) is 5.18. The Kier molecular flexibility index (Phi) is 4.57. The molecule has 7 heteroatoms. The lowest BCUT2D eigenvalue weighted by Crippen LogP contribution is -2.34. The zero-order valence-electron chi connectivity index (χ0n) is 15.3. The summed E-state index contributed by atoms with van der Waals surface area (Å²) in [6, 6.07) is 6.41. The Morgan fingerprint density at radius 2 is 2.19 bits per heavy atom. The van der Waals surface area contributed by atoms with Gasteiger partial charge in [0, 0.05) is 38.1 Å². The number of aromatic nitrogens is 4. The van der Waals surface area contributed by atoms with E-state index >= 15 is 0 Å². The third kappa shape index (κ3) is 3.40. The highest BCUT2D eigenvalue weighted by molar-refractivity contribution is 5.48. The monoisotopic (exact) mass is 351 g/mol. The number of aryl methyl sites for hydroxylation is 1. The SMILES string of the molecule is Cc1cccn2c(CN3CCC(N(C)Cc4nccc(N)n4)C3)cnc12. The van der Waals surface area contributed by atoms with Gasteiger partial charge in [0.1, 0.15) is 17.3 Å². The van der Waals surface area contributed by atoms with Crippen LogP contribution in [-0.4, -0.2) is 55.3 Å². The van der Waals surface area contributed by atoms with E-state index in [2.05, 4.69) is 61.5 Å². The number of pyridine rings is 1. The van der Waals surface area contributed by atoms with E-state index < -0.39 is 0 Å². The number of imidazole rings is 1. The van der Waals surface area contributed by atoms with Crippen molar-refractivity contribution in [1.82, 2.24) is 29.2 Å². The first-order valence-corrected chi connectivity index (χ1v) is 9.01. The quantitative estimate of drug-likeness (QED) is 0.754. The third-order valence-corrected chi connectivity index (χ3v) is 5.18. The Bertz CT molecular complexity index is 904. The second-order valence-electron chi connectivity index (χ2n) is 7.12. The van der Waals surface area contributed by atoms with Crippen LogP contribution in [0, 0.1) is 6.92 Å². The first-order valence-electron chi connectivity index (χ1n) is 9.01. The van der Waals surface area contributed by atoms with Crippen molar-refractivity contribution in [1.29, 1.82) is 0 Å². The molecule has 1 fully saturated rings. The van der Waals surface area contributed by atoms with Crippen molar-refractivity contribution in [3.8, 4) is 0 Å². The molecule has 0 amide bonds. The topological polar surface area (TPSA) is 75.6 Å². The van der Waals surface area contributed by atoms with E-state index in [-0.39, 0.29) is 0 Å². The molecule has 4 rings (SSSR count). The summed E-state index contributed by atoms with van der Waals surface area (Å²) in [7, 11) is 2.14. The summed E-state index contributed by atoms with van der Waals surface area (Å²) < 4.78 is 2.20. The molecular formula is C19H25N7. The van der Waals surface area contributed by atoms with Crippen LogP contribution < -0.4 is 5.73 Å². The van der Waals surface area contributed by atoms with Gasteiger partial charge in [0.15, 0.2) is 0 Å². The highest BCUT2D eigenvalue weighted by Gasteiger charge is 2.26. The van der Waals surface area contributed by atoms with Crippen molar-refractivity contribution in [3.05, 3.63) is 53.9 Å². The Balaban J connectivity index is 1.39. The minimum Gasteiger partial charge on any atom is -0.384 e. The van der Waals surface area contributed by atoms with E-state index in [1.807, 2.05) is 6.20 Å². The summed E-state index contributed by atoms with van der Waals surface area (Å²) >= 11 is 0. The standard InChI is InChI=1S/C19H25N7/c1-14-4-3-8-26-16(10-22-19(14)26)12-25-9-6-15(11-25)24(2)13-18-21-7-5-17(20)23-18/h3-5,7-8,10,15H,6,9,11-13H2,1-2H3,(H2,20,21,23). The van der Waals surface area contributed by atoms with Gasteiger partial charge in [0.05, 0.1) is 18.4 Å². The number of fused-ring (bicyclic) bond motifs is 1. The number of nitrogens with two attached hydrogens (primary N) is 1. The first-order chi connectivity index (χ1) is 12.6. The fraction of sp³-hybridized carbons (Fsp3) is 0.421. The highest BCUT2D eigenvalue weighted by atomic mass is 15.3. The molecule has 1 unspecified atom stereocenters. The molecule has 3 aromatic heterocycles. The number of likely N-dealkylation sites (N-methyl/N-ethyl adjacent to an activating group) is 1. The number of anilines is 1. The van der Waals surface area contributed by atoms with Crippen LogP contribution in [0.15, 0.2) is 36.8 Å². The maximum absolute atomic E-state index is 5.76. The summed E-state index contributed by atoms with van der Waals surface area (Å²) in [6.07, 6.45) is 6.97. The summed E-state index contributed by atoms with van der Waals surface area (Å²) in [5.74, 6) is 1.31. The van der Waals surface area contributed by atoms with Crippen LogP contribution in [-0.2, 0) is 13.1 Å². The number of rotatable bonds is 5. The second-order valence-corrected chi connectivity index (χ2v) is 7.12. The van der Waals surface area contributed by atoms with Crippen LogP contribution in [0.1, 0.15) is 23.5 Å². The molecule has 1 aliphatic rings. The summed E-state index contributed by atoms with van der Waals surface area (Å²) in [5, 5.41) is 0. The molecule has 0 radical (unpaired) electrons. The fourth-order valence-electron chi connectivity index (χ4n) is 3.71. The minimum absolute atomic E-state index is 0.501. The zero-order chi connectivity index (χ0) is 18.1. The zero-order valence-corrected chi connectivity index (χ0v) is 15.3. The van der Waals surface area contributed by atoms with Crippen molar-refractivity contribution < 1.29 is 0 Å². The summed E-state index contributed by atoms with van der Waals surface area (Å²) in [6.45, 7) is 5.87. The molecule has 26 heavy (non-hydrogen) atoms. The van der Waals surface area contributed by atoms with Crippen molar-refractivity contribution in [3.63, 3.8) is 0 Å². The van der Waals surface area contributed by atoms with Gasteiger partial charge in [-0.3, -0.25) is 9.80 Å². The first kappa shape index (κ1) is 16.9. The Morgan fingerprint density at radius 3 is 3.04 bits per heavy atom. The molecule has 4 heterocycles. The molecule has 0 spiro atoms. The van der Waals surface area contributed by atoms with Gasteiger partial charge >= 0.3 is 0 Å². The number of nitrogen functional groups attached to an aromatic ring is 1. The van der Waals surface area contributed by atoms with Crippen molar-refractivity contribution >= 4 is 11.5 Å². The molecule has 0 aliphatic carbocycles. The normalized spacial score (nSPS) is 18.2. The molecular weight excluding hydrogens is 326 g/mol. The predicted molar refractivity (Wildman–Crippen MR) is 102 cm³/mol. The van der Waals surface area contributed by atoms with Gasteiger partial charge < -0.3 is 10.1 Å². The van der Waals surface area contributed by atoms with Crippen LogP contribution in [0.25, 0.3) is 5.65 Å². The van der Waals surface area contributed by atoms with Gasteiger partial charge in [-0.05, 0) is 38.1 Å². The van der Waals surface area contributed by atoms with E-state index in [0.717, 1.165) is 44.1 Å². The lowest BCUT2D eigenvalue weighted by molar-refractivity contribution is 0.217. The average molecular weight is 351 g/mol. The number of nitrogens with zero attached hydrogens (tertiary/aromatic N) is 6. The van der Waals surface area contributed by atoms with E-state index in [4.69, 9.17) is 5.73 Å². The number of likely N-dealkylation sites (tertiary alicyclic amines) is 1. The van der Waals surface area contributed by atoms with E-state index in [1.165, 1.54) is 11.3 Å². The van der Waals surface area contributed by atoms with Crippen LogP contribution in [0.5, 0.6) is 0 Å². The van der Waals surface area contributed by atoms with Crippen molar-refractivity contribution in [2.75, 3.05) is 25.9 Å².